The molecule has 3 N–H and O–H groups in total. The Kier molecular flexibility index (Phi) is 4.74. The number of nitrogens with one attached hydrogen (secondary N) is 2. The third-order valence-corrected chi connectivity index (χ3v) is 3.98. The number of aliphatic hydroxyl groups is 1. The second-order valence-electron chi connectivity index (χ2n) is 5.68. The van der Waals surface area contributed by atoms with Crippen molar-refractivity contribution in [2.45, 2.75) is 12.5 Å². The summed E-state index contributed by atoms with van der Waals surface area (Å²) in [4.78, 5) is 12.2. The predicted octanol–water partition coefficient (Wildman–Crippen LogP) is 3.41. The van der Waals surface area contributed by atoms with Gasteiger partial charge in [-0.05, 0) is 18.1 Å². The van der Waals surface area contributed by atoms with Crippen molar-refractivity contribution >= 4 is 11.7 Å². The molecule has 0 fully saturated rings. The van der Waals surface area contributed by atoms with Crippen LogP contribution < -0.4 is 10.6 Å². The second-order valence-corrected chi connectivity index (χ2v) is 5.68. The van der Waals surface area contributed by atoms with Crippen LogP contribution in [0.3, 0.4) is 0 Å². The molecule has 4 nitrogen and oxygen atoms in total. The number of para-hydroxylation sites is 1. The molecule has 0 heterocycles. The Hall–Kier alpha value is -2.59. The van der Waals surface area contributed by atoms with Gasteiger partial charge in [0.25, 0.3) is 0 Å². The quantitative estimate of drug-likeness (QED) is 0.758. The van der Waals surface area contributed by atoms with Crippen molar-refractivity contribution in [2.24, 2.45) is 5.92 Å². The molecular weight excluding hydrogens is 288 g/mol. The van der Waals surface area contributed by atoms with Crippen LogP contribution in [-0.2, 0) is 0 Å². The molecule has 2 aromatic rings. The lowest BCUT2D eigenvalue weighted by Crippen LogP contribution is -2.36. The number of hydrogen-bond donors (Lipinski definition) is 3. The molecule has 3 rings (SSSR count). The molecule has 0 radical (unpaired) electrons. The molecule has 1 aliphatic rings. The van der Waals surface area contributed by atoms with Gasteiger partial charge >= 0.3 is 6.03 Å². The maximum Gasteiger partial charge on any atom is 0.319 e. The lowest BCUT2D eigenvalue weighted by Gasteiger charge is -2.15. The van der Waals surface area contributed by atoms with Gasteiger partial charge in [0.05, 0.1) is 5.69 Å². The number of urea groups is 1. The molecule has 118 valence electrons. The Balaban J connectivity index is 1.69. The Morgan fingerprint density at radius 3 is 2.52 bits per heavy atom. The zero-order valence-corrected chi connectivity index (χ0v) is 12.8. The molecule has 2 aromatic carbocycles. The Labute approximate surface area is 135 Å². The van der Waals surface area contributed by atoms with E-state index in [4.69, 9.17) is 5.11 Å². The van der Waals surface area contributed by atoms with Gasteiger partial charge in [-0.25, -0.2) is 4.79 Å². The molecule has 0 bridgehead atoms. The summed E-state index contributed by atoms with van der Waals surface area (Å²) in [5, 5.41) is 15.0. The van der Waals surface area contributed by atoms with E-state index in [9.17, 15) is 4.79 Å². The van der Waals surface area contributed by atoms with Crippen LogP contribution in [0.15, 0.2) is 66.7 Å². The molecule has 0 unspecified atom stereocenters. The van der Waals surface area contributed by atoms with Gasteiger partial charge in [0.2, 0.25) is 0 Å². The largest absolute Gasteiger partial charge is 0.396 e. The highest BCUT2D eigenvalue weighted by Crippen LogP contribution is 2.27. The van der Waals surface area contributed by atoms with E-state index in [1.807, 2.05) is 66.7 Å². The van der Waals surface area contributed by atoms with E-state index < -0.39 is 0 Å². The van der Waals surface area contributed by atoms with Gasteiger partial charge < -0.3 is 15.7 Å². The standard InChI is InChI=1S/C19H20N2O2/c22-13-14-10-11-16(12-14)20-19(23)21-18-9-5-4-8-17(18)15-6-2-1-3-7-15/h1-11,14,16,22H,12-13H2,(H2,20,21,23)/t14-,16+/m0/s1. The normalized spacial score (nSPS) is 19.5. The lowest BCUT2D eigenvalue weighted by molar-refractivity contribution is 0.238. The molecule has 0 aliphatic heterocycles. The Bertz CT molecular complexity index is 698. The van der Waals surface area contributed by atoms with Gasteiger partial charge in [-0.3, -0.25) is 0 Å². The zero-order chi connectivity index (χ0) is 16.1. The average Bonchev–Trinajstić information content (AvgIpc) is 3.03. The first-order valence-corrected chi connectivity index (χ1v) is 7.77. The van der Waals surface area contributed by atoms with Crippen LogP contribution in [0.2, 0.25) is 0 Å². The summed E-state index contributed by atoms with van der Waals surface area (Å²) >= 11 is 0. The van der Waals surface area contributed by atoms with Crippen LogP contribution >= 0.6 is 0 Å². The number of anilines is 1. The van der Waals surface area contributed by atoms with Gasteiger partial charge in [0.1, 0.15) is 0 Å². The number of amides is 2. The third-order valence-electron chi connectivity index (χ3n) is 3.98. The average molecular weight is 308 g/mol. The molecule has 0 saturated carbocycles. The SMILES string of the molecule is O=C(Nc1ccccc1-c1ccccc1)N[C@@H]1C=C[C@H](CO)C1. The molecule has 0 saturated heterocycles. The minimum Gasteiger partial charge on any atom is -0.396 e. The summed E-state index contributed by atoms with van der Waals surface area (Å²) in [7, 11) is 0. The summed E-state index contributed by atoms with van der Waals surface area (Å²) in [5.41, 5.74) is 2.82. The van der Waals surface area contributed by atoms with Crippen molar-refractivity contribution in [3.05, 3.63) is 66.7 Å². The van der Waals surface area contributed by atoms with Crippen LogP contribution in [-0.4, -0.2) is 23.8 Å². The van der Waals surface area contributed by atoms with E-state index in [1.165, 1.54) is 0 Å². The maximum atomic E-state index is 12.2. The fourth-order valence-corrected chi connectivity index (χ4v) is 2.81. The number of aliphatic hydroxyl groups excluding tert-OH is 1. The zero-order valence-electron chi connectivity index (χ0n) is 12.8. The second kappa shape index (κ2) is 7.11. The number of carbonyl (C=O) groups is 1. The van der Waals surface area contributed by atoms with Crippen LogP contribution in [0.1, 0.15) is 6.42 Å². The van der Waals surface area contributed by atoms with E-state index in [2.05, 4.69) is 10.6 Å². The molecule has 0 spiro atoms. The third kappa shape index (κ3) is 3.79. The Morgan fingerprint density at radius 2 is 1.78 bits per heavy atom. The molecule has 23 heavy (non-hydrogen) atoms. The first-order valence-electron chi connectivity index (χ1n) is 7.77. The minimum atomic E-state index is -0.235. The fourth-order valence-electron chi connectivity index (χ4n) is 2.81. The molecule has 4 heteroatoms. The summed E-state index contributed by atoms with van der Waals surface area (Å²) in [6, 6.07) is 17.4. The van der Waals surface area contributed by atoms with Crippen molar-refractivity contribution in [1.29, 1.82) is 0 Å². The van der Waals surface area contributed by atoms with Crippen molar-refractivity contribution in [2.75, 3.05) is 11.9 Å². The van der Waals surface area contributed by atoms with E-state index in [0.717, 1.165) is 23.2 Å². The summed E-state index contributed by atoms with van der Waals surface area (Å²) in [6.07, 6.45) is 4.62. The van der Waals surface area contributed by atoms with Gasteiger partial charge in [0.15, 0.2) is 0 Å². The van der Waals surface area contributed by atoms with Crippen molar-refractivity contribution in [3.63, 3.8) is 0 Å². The highest BCUT2D eigenvalue weighted by Gasteiger charge is 2.20. The van der Waals surface area contributed by atoms with E-state index in [1.54, 1.807) is 0 Å². The number of rotatable bonds is 4. The summed E-state index contributed by atoms with van der Waals surface area (Å²) < 4.78 is 0. The lowest BCUT2D eigenvalue weighted by atomic mass is 10.0. The number of carbonyl (C=O) groups excluding carboxylic acids is 1. The van der Waals surface area contributed by atoms with Crippen LogP contribution in [0.25, 0.3) is 11.1 Å². The van der Waals surface area contributed by atoms with Crippen LogP contribution in [0.4, 0.5) is 10.5 Å². The van der Waals surface area contributed by atoms with E-state index in [-0.39, 0.29) is 24.6 Å². The monoisotopic (exact) mass is 308 g/mol. The fraction of sp³-hybridized carbons (Fsp3) is 0.211. The molecular formula is C19H20N2O2. The number of hydrogen-bond acceptors (Lipinski definition) is 2. The molecule has 2 atom stereocenters. The Morgan fingerprint density at radius 1 is 1.04 bits per heavy atom. The predicted molar refractivity (Wildman–Crippen MR) is 92.2 cm³/mol. The molecule has 2 amide bonds. The molecule has 0 aromatic heterocycles. The highest BCUT2D eigenvalue weighted by atomic mass is 16.3. The van der Waals surface area contributed by atoms with Crippen LogP contribution in [0.5, 0.6) is 0 Å². The van der Waals surface area contributed by atoms with Gasteiger partial charge in [-0.2, -0.15) is 0 Å². The minimum absolute atomic E-state index is 0.0314. The van der Waals surface area contributed by atoms with Crippen molar-refractivity contribution in [1.82, 2.24) is 5.32 Å². The topological polar surface area (TPSA) is 61.4 Å². The van der Waals surface area contributed by atoms with Crippen molar-refractivity contribution < 1.29 is 9.90 Å². The van der Waals surface area contributed by atoms with E-state index in [0.29, 0.717) is 0 Å². The summed E-state index contributed by atoms with van der Waals surface area (Å²) in [6.45, 7) is 0.118. The van der Waals surface area contributed by atoms with Crippen molar-refractivity contribution in [3.8, 4) is 11.1 Å². The smallest absolute Gasteiger partial charge is 0.319 e. The molecule has 1 aliphatic carbocycles. The first-order chi connectivity index (χ1) is 11.3. The van der Waals surface area contributed by atoms with Gasteiger partial charge in [-0.15, -0.1) is 0 Å². The van der Waals surface area contributed by atoms with Gasteiger partial charge in [0, 0.05) is 24.1 Å². The van der Waals surface area contributed by atoms with Crippen LogP contribution in [0, 0.1) is 5.92 Å². The first kappa shape index (κ1) is 15.3. The highest BCUT2D eigenvalue weighted by molar-refractivity contribution is 5.94. The number of benzene rings is 2. The summed E-state index contributed by atoms with van der Waals surface area (Å²) in [5.74, 6) is 0.136. The van der Waals surface area contributed by atoms with Gasteiger partial charge in [-0.1, -0.05) is 60.7 Å². The maximum absolute atomic E-state index is 12.2. The van der Waals surface area contributed by atoms with E-state index >= 15 is 0 Å².